The van der Waals surface area contributed by atoms with Gasteiger partial charge in [0.25, 0.3) is 0 Å². The molecule has 2 heteroatoms. The number of rotatable bonds is 6. The van der Waals surface area contributed by atoms with Crippen LogP contribution < -0.4 is 10.6 Å². The summed E-state index contributed by atoms with van der Waals surface area (Å²) in [4.78, 5) is 0. The van der Waals surface area contributed by atoms with Crippen LogP contribution >= 0.6 is 0 Å². The maximum Gasteiger partial charge on any atom is 0.0385 e. The van der Waals surface area contributed by atoms with Crippen LogP contribution in [-0.2, 0) is 12.8 Å². The maximum absolute atomic E-state index is 3.49. The van der Waals surface area contributed by atoms with E-state index in [1.165, 1.54) is 11.1 Å². The molecule has 3 aromatic carbocycles. The molecule has 0 aliphatic heterocycles. The van der Waals surface area contributed by atoms with Gasteiger partial charge in [-0.25, -0.2) is 0 Å². The molecule has 0 heterocycles. The van der Waals surface area contributed by atoms with Gasteiger partial charge in [-0.2, -0.15) is 0 Å². The molecule has 0 aliphatic carbocycles. The van der Waals surface area contributed by atoms with Crippen LogP contribution in [0.1, 0.15) is 52.7 Å². The highest BCUT2D eigenvalue weighted by Crippen LogP contribution is 2.26. The molecule has 0 aromatic heterocycles. The van der Waals surface area contributed by atoms with E-state index in [1.54, 1.807) is 0 Å². The monoisotopic (exact) mass is 400 g/mol. The standard InChI is InChI=1S/C28H36N2/c1-27(2,3)19-21-7-11-23(12-8-21)29-25-15-17-26(18-16-25)30-24-13-9-22(10-14-24)20-28(4,5)6/h7-18,29-30H,19-20H2,1-6H3. The fourth-order valence-electron chi connectivity index (χ4n) is 3.61. The van der Waals surface area contributed by atoms with Crippen molar-refractivity contribution in [3.8, 4) is 0 Å². The topological polar surface area (TPSA) is 24.1 Å². The van der Waals surface area contributed by atoms with Crippen molar-refractivity contribution in [1.29, 1.82) is 0 Å². The molecule has 0 atom stereocenters. The molecule has 30 heavy (non-hydrogen) atoms. The van der Waals surface area contributed by atoms with Crippen molar-refractivity contribution in [3.05, 3.63) is 83.9 Å². The van der Waals surface area contributed by atoms with E-state index in [0.717, 1.165) is 35.6 Å². The summed E-state index contributed by atoms with van der Waals surface area (Å²) in [5.74, 6) is 0. The predicted octanol–water partition coefficient (Wildman–Crippen LogP) is 8.35. The molecule has 0 fully saturated rings. The van der Waals surface area contributed by atoms with Crippen molar-refractivity contribution in [2.75, 3.05) is 10.6 Å². The zero-order chi connectivity index (χ0) is 21.8. The van der Waals surface area contributed by atoms with Crippen molar-refractivity contribution in [3.63, 3.8) is 0 Å². The fourth-order valence-corrected chi connectivity index (χ4v) is 3.61. The van der Waals surface area contributed by atoms with Gasteiger partial charge in [-0.05, 0) is 83.3 Å². The van der Waals surface area contributed by atoms with Crippen LogP contribution in [0, 0.1) is 10.8 Å². The Morgan fingerprint density at radius 2 is 0.667 bits per heavy atom. The predicted molar refractivity (Wildman–Crippen MR) is 132 cm³/mol. The molecule has 0 unspecified atom stereocenters. The highest BCUT2D eigenvalue weighted by molar-refractivity contribution is 5.66. The van der Waals surface area contributed by atoms with Gasteiger partial charge in [0.05, 0.1) is 0 Å². The van der Waals surface area contributed by atoms with Crippen molar-refractivity contribution in [2.45, 2.75) is 54.4 Å². The summed E-state index contributed by atoms with van der Waals surface area (Å²) in [6.45, 7) is 13.6. The van der Waals surface area contributed by atoms with Gasteiger partial charge in [-0.15, -0.1) is 0 Å². The van der Waals surface area contributed by atoms with Crippen LogP contribution in [0.15, 0.2) is 72.8 Å². The average molecular weight is 401 g/mol. The van der Waals surface area contributed by atoms with Gasteiger partial charge >= 0.3 is 0 Å². The Balaban J connectivity index is 1.57. The van der Waals surface area contributed by atoms with Gasteiger partial charge in [0.2, 0.25) is 0 Å². The molecule has 3 aromatic rings. The molecule has 0 aliphatic rings. The van der Waals surface area contributed by atoms with E-state index in [0.29, 0.717) is 10.8 Å². The lowest BCUT2D eigenvalue weighted by atomic mass is 9.88. The number of anilines is 4. The number of nitrogens with one attached hydrogen (secondary N) is 2. The van der Waals surface area contributed by atoms with E-state index < -0.39 is 0 Å². The van der Waals surface area contributed by atoms with E-state index in [-0.39, 0.29) is 0 Å². The molecule has 0 spiro atoms. The van der Waals surface area contributed by atoms with Gasteiger partial charge in [-0.1, -0.05) is 65.8 Å². The average Bonchev–Trinajstić information content (AvgIpc) is 2.64. The van der Waals surface area contributed by atoms with Gasteiger partial charge < -0.3 is 10.6 Å². The van der Waals surface area contributed by atoms with E-state index in [1.807, 2.05) is 0 Å². The lowest BCUT2D eigenvalue weighted by Gasteiger charge is -2.18. The Bertz CT molecular complexity index is 842. The second kappa shape index (κ2) is 8.95. The van der Waals surface area contributed by atoms with Gasteiger partial charge in [0, 0.05) is 22.7 Å². The molecule has 0 saturated carbocycles. The molecular formula is C28H36N2. The van der Waals surface area contributed by atoms with E-state index in [4.69, 9.17) is 0 Å². The lowest BCUT2D eigenvalue weighted by molar-refractivity contribution is 0.411. The third-order valence-electron chi connectivity index (χ3n) is 4.84. The Kier molecular flexibility index (Phi) is 6.55. The Morgan fingerprint density at radius 3 is 0.900 bits per heavy atom. The highest BCUT2D eigenvalue weighted by Gasteiger charge is 2.11. The molecule has 0 bridgehead atoms. The van der Waals surface area contributed by atoms with E-state index in [9.17, 15) is 0 Å². The number of benzene rings is 3. The first kappa shape index (κ1) is 22.0. The first-order valence-electron chi connectivity index (χ1n) is 10.9. The summed E-state index contributed by atoms with van der Waals surface area (Å²) in [5.41, 5.74) is 7.78. The van der Waals surface area contributed by atoms with Crippen LogP contribution in [0.2, 0.25) is 0 Å². The largest absolute Gasteiger partial charge is 0.356 e. The van der Waals surface area contributed by atoms with Gasteiger partial charge in [0.1, 0.15) is 0 Å². The Morgan fingerprint density at radius 1 is 0.433 bits per heavy atom. The second-order valence-corrected chi connectivity index (χ2v) is 10.7. The normalized spacial score (nSPS) is 11.9. The molecule has 2 N–H and O–H groups in total. The van der Waals surface area contributed by atoms with Crippen LogP contribution in [-0.4, -0.2) is 0 Å². The Hall–Kier alpha value is -2.74. The van der Waals surface area contributed by atoms with Gasteiger partial charge in [-0.3, -0.25) is 0 Å². The first-order chi connectivity index (χ1) is 14.1. The first-order valence-corrected chi connectivity index (χ1v) is 10.9. The Labute approximate surface area is 182 Å². The summed E-state index contributed by atoms with van der Waals surface area (Å²) in [7, 11) is 0. The molecule has 158 valence electrons. The summed E-state index contributed by atoms with van der Waals surface area (Å²) in [6, 6.07) is 25.9. The highest BCUT2D eigenvalue weighted by atomic mass is 14.9. The minimum atomic E-state index is 0.310. The van der Waals surface area contributed by atoms with Crippen LogP contribution in [0.5, 0.6) is 0 Å². The summed E-state index contributed by atoms with van der Waals surface area (Å²) in [6.07, 6.45) is 2.18. The minimum absolute atomic E-state index is 0.310. The van der Waals surface area contributed by atoms with Crippen LogP contribution in [0.25, 0.3) is 0 Å². The lowest BCUT2D eigenvalue weighted by Crippen LogP contribution is -2.08. The number of hydrogen-bond acceptors (Lipinski definition) is 2. The molecule has 0 radical (unpaired) electrons. The molecular weight excluding hydrogens is 364 g/mol. The minimum Gasteiger partial charge on any atom is -0.356 e. The molecule has 3 rings (SSSR count). The maximum atomic E-state index is 3.49. The van der Waals surface area contributed by atoms with Crippen molar-refractivity contribution >= 4 is 22.7 Å². The summed E-state index contributed by atoms with van der Waals surface area (Å²) < 4.78 is 0. The van der Waals surface area contributed by atoms with Crippen LogP contribution in [0.4, 0.5) is 22.7 Å². The van der Waals surface area contributed by atoms with Crippen molar-refractivity contribution in [1.82, 2.24) is 0 Å². The van der Waals surface area contributed by atoms with Crippen molar-refractivity contribution < 1.29 is 0 Å². The zero-order valence-electron chi connectivity index (χ0n) is 19.3. The summed E-state index contributed by atoms with van der Waals surface area (Å²) in [5, 5.41) is 6.97. The quantitative estimate of drug-likeness (QED) is 0.434. The molecule has 0 saturated heterocycles. The van der Waals surface area contributed by atoms with E-state index >= 15 is 0 Å². The third kappa shape index (κ3) is 7.26. The SMILES string of the molecule is CC(C)(C)Cc1ccc(Nc2ccc(Nc3ccc(CC(C)(C)C)cc3)cc2)cc1. The van der Waals surface area contributed by atoms with Crippen molar-refractivity contribution in [2.24, 2.45) is 10.8 Å². The van der Waals surface area contributed by atoms with Crippen LogP contribution in [0.3, 0.4) is 0 Å². The summed E-state index contributed by atoms with van der Waals surface area (Å²) >= 11 is 0. The second-order valence-electron chi connectivity index (χ2n) is 10.7. The third-order valence-corrected chi connectivity index (χ3v) is 4.84. The zero-order valence-corrected chi connectivity index (χ0v) is 19.3. The van der Waals surface area contributed by atoms with Gasteiger partial charge in [0.15, 0.2) is 0 Å². The molecule has 2 nitrogen and oxygen atoms in total. The molecule has 0 amide bonds. The fraction of sp³-hybridized carbons (Fsp3) is 0.357. The van der Waals surface area contributed by atoms with E-state index in [2.05, 4.69) is 125 Å². The smallest absolute Gasteiger partial charge is 0.0385 e. The number of hydrogen-bond donors (Lipinski definition) is 2.